The van der Waals surface area contributed by atoms with Gasteiger partial charge in [-0.25, -0.2) is 0 Å². The number of ether oxygens (including phenoxy) is 1. The Kier molecular flexibility index (Phi) is 6.94. The largest absolute Gasteiger partial charge is 0.488 e. The molecule has 0 aliphatic rings. The first kappa shape index (κ1) is 15.5. The van der Waals surface area contributed by atoms with E-state index in [1.54, 1.807) is 6.20 Å². The summed E-state index contributed by atoms with van der Waals surface area (Å²) in [7, 11) is 0. The smallest absolute Gasteiger partial charge is 0.138 e. The quantitative estimate of drug-likeness (QED) is 0.661. The summed E-state index contributed by atoms with van der Waals surface area (Å²) in [5.74, 6) is 0.838. The second kappa shape index (κ2) is 8.52. The second-order valence-electron chi connectivity index (χ2n) is 5.02. The SMILES string of the molecule is CCc1ccc(OC/C=C(\C)CCC=C(C)C)cn1. The van der Waals surface area contributed by atoms with E-state index in [1.165, 1.54) is 11.1 Å². The number of allylic oxidation sites excluding steroid dienone is 3. The molecule has 0 saturated carbocycles. The lowest BCUT2D eigenvalue weighted by Gasteiger charge is -2.04. The van der Waals surface area contributed by atoms with Crippen LogP contribution in [0.2, 0.25) is 0 Å². The molecule has 0 N–H and O–H groups in total. The van der Waals surface area contributed by atoms with Crippen molar-refractivity contribution in [3.63, 3.8) is 0 Å². The van der Waals surface area contributed by atoms with Gasteiger partial charge >= 0.3 is 0 Å². The lowest BCUT2D eigenvalue weighted by atomic mass is 10.1. The van der Waals surface area contributed by atoms with Gasteiger partial charge in [-0.1, -0.05) is 24.1 Å². The lowest BCUT2D eigenvalue weighted by molar-refractivity contribution is 0.360. The minimum Gasteiger partial charge on any atom is -0.488 e. The molecule has 0 unspecified atom stereocenters. The van der Waals surface area contributed by atoms with Crippen molar-refractivity contribution in [1.29, 1.82) is 0 Å². The highest BCUT2D eigenvalue weighted by Crippen LogP contribution is 2.11. The molecule has 0 saturated heterocycles. The van der Waals surface area contributed by atoms with Gasteiger partial charge in [0.1, 0.15) is 12.4 Å². The van der Waals surface area contributed by atoms with Gasteiger partial charge in [-0.05, 0) is 58.2 Å². The molecule has 1 aromatic heterocycles. The Morgan fingerprint density at radius 2 is 2.00 bits per heavy atom. The molecular formula is C17H25NO. The zero-order chi connectivity index (χ0) is 14.1. The molecule has 0 bridgehead atoms. The fraction of sp³-hybridized carbons (Fsp3) is 0.471. The summed E-state index contributed by atoms with van der Waals surface area (Å²) in [5.41, 5.74) is 3.85. The molecule has 0 spiro atoms. The monoisotopic (exact) mass is 259 g/mol. The fourth-order valence-corrected chi connectivity index (χ4v) is 1.68. The van der Waals surface area contributed by atoms with Gasteiger partial charge in [0.2, 0.25) is 0 Å². The lowest BCUT2D eigenvalue weighted by Crippen LogP contribution is -1.96. The first-order chi connectivity index (χ1) is 9.11. The van der Waals surface area contributed by atoms with Gasteiger partial charge in [-0.3, -0.25) is 4.98 Å². The van der Waals surface area contributed by atoms with E-state index in [9.17, 15) is 0 Å². The number of rotatable bonds is 7. The van der Waals surface area contributed by atoms with Crippen LogP contribution in [0.25, 0.3) is 0 Å². The number of hydrogen-bond acceptors (Lipinski definition) is 2. The summed E-state index contributed by atoms with van der Waals surface area (Å²) in [6.45, 7) is 9.14. The number of pyridine rings is 1. The standard InChI is InChI=1S/C17H25NO/c1-5-16-9-10-17(13-18-16)19-12-11-15(4)8-6-7-14(2)3/h7,9-11,13H,5-6,8,12H2,1-4H3/b15-11+. The minimum absolute atomic E-state index is 0.619. The fourth-order valence-electron chi connectivity index (χ4n) is 1.68. The molecular weight excluding hydrogens is 234 g/mol. The van der Waals surface area contributed by atoms with Crippen LogP contribution < -0.4 is 4.74 Å². The molecule has 0 radical (unpaired) electrons. The zero-order valence-electron chi connectivity index (χ0n) is 12.6. The molecule has 0 aromatic carbocycles. The molecule has 2 heteroatoms. The van der Waals surface area contributed by atoms with E-state index in [2.05, 4.69) is 44.8 Å². The van der Waals surface area contributed by atoms with E-state index in [0.717, 1.165) is 30.7 Å². The van der Waals surface area contributed by atoms with Crippen molar-refractivity contribution < 1.29 is 4.74 Å². The molecule has 1 rings (SSSR count). The first-order valence-electron chi connectivity index (χ1n) is 6.98. The maximum atomic E-state index is 5.65. The van der Waals surface area contributed by atoms with Crippen molar-refractivity contribution in [3.05, 3.63) is 47.3 Å². The third-order valence-electron chi connectivity index (χ3n) is 2.93. The van der Waals surface area contributed by atoms with Crippen LogP contribution in [0.1, 0.15) is 46.2 Å². The van der Waals surface area contributed by atoms with Crippen LogP contribution in [0.15, 0.2) is 41.6 Å². The third-order valence-corrected chi connectivity index (χ3v) is 2.93. The van der Waals surface area contributed by atoms with Gasteiger partial charge in [-0.2, -0.15) is 0 Å². The van der Waals surface area contributed by atoms with Crippen LogP contribution in [0, 0.1) is 0 Å². The van der Waals surface area contributed by atoms with Gasteiger partial charge in [0.25, 0.3) is 0 Å². The summed E-state index contributed by atoms with van der Waals surface area (Å²) in [5, 5.41) is 0. The molecule has 0 amide bonds. The third kappa shape index (κ3) is 6.80. The van der Waals surface area contributed by atoms with Gasteiger partial charge < -0.3 is 4.74 Å². The summed E-state index contributed by atoms with van der Waals surface area (Å²) in [6, 6.07) is 4.00. The van der Waals surface area contributed by atoms with E-state index in [1.807, 2.05) is 12.1 Å². The molecule has 0 aliphatic carbocycles. The van der Waals surface area contributed by atoms with Crippen molar-refractivity contribution in [1.82, 2.24) is 4.98 Å². The van der Waals surface area contributed by atoms with Crippen LogP contribution in [0.4, 0.5) is 0 Å². The highest BCUT2D eigenvalue weighted by atomic mass is 16.5. The highest BCUT2D eigenvalue weighted by Gasteiger charge is 1.95. The molecule has 0 aliphatic heterocycles. The van der Waals surface area contributed by atoms with Crippen LogP contribution in [-0.2, 0) is 6.42 Å². The van der Waals surface area contributed by atoms with Crippen molar-refractivity contribution >= 4 is 0 Å². The number of hydrogen-bond donors (Lipinski definition) is 0. The number of nitrogens with zero attached hydrogens (tertiary/aromatic N) is 1. The normalized spacial score (nSPS) is 11.3. The van der Waals surface area contributed by atoms with Gasteiger partial charge in [0, 0.05) is 5.69 Å². The Morgan fingerprint density at radius 3 is 2.58 bits per heavy atom. The molecule has 2 nitrogen and oxygen atoms in total. The van der Waals surface area contributed by atoms with Crippen LogP contribution in [-0.4, -0.2) is 11.6 Å². The summed E-state index contributed by atoms with van der Waals surface area (Å²) in [6.07, 6.45) is 9.38. The number of aromatic nitrogens is 1. The highest BCUT2D eigenvalue weighted by molar-refractivity contribution is 5.20. The van der Waals surface area contributed by atoms with E-state index in [4.69, 9.17) is 4.74 Å². The molecule has 1 heterocycles. The minimum atomic E-state index is 0.619. The van der Waals surface area contributed by atoms with Gasteiger partial charge in [0.15, 0.2) is 0 Å². The first-order valence-corrected chi connectivity index (χ1v) is 6.98. The van der Waals surface area contributed by atoms with E-state index < -0.39 is 0 Å². The average Bonchev–Trinajstić information content (AvgIpc) is 2.39. The van der Waals surface area contributed by atoms with Crippen molar-refractivity contribution in [2.45, 2.75) is 47.0 Å². The predicted molar refractivity (Wildman–Crippen MR) is 81.5 cm³/mol. The molecule has 0 atom stereocenters. The molecule has 104 valence electrons. The average molecular weight is 259 g/mol. The van der Waals surface area contributed by atoms with Crippen LogP contribution >= 0.6 is 0 Å². The maximum absolute atomic E-state index is 5.65. The molecule has 0 fully saturated rings. The van der Waals surface area contributed by atoms with Crippen LogP contribution in [0.5, 0.6) is 5.75 Å². The van der Waals surface area contributed by atoms with Crippen LogP contribution in [0.3, 0.4) is 0 Å². The Morgan fingerprint density at radius 1 is 1.21 bits per heavy atom. The van der Waals surface area contributed by atoms with Crippen molar-refractivity contribution in [3.8, 4) is 5.75 Å². The summed E-state index contributed by atoms with van der Waals surface area (Å²) < 4.78 is 5.65. The van der Waals surface area contributed by atoms with E-state index >= 15 is 0 Å². The molecule has 1 aromatic rings. The zero-order valence-corrected chi connectivity index (χ0v) is 12.6. The molecule has 19 heavy (non-hydrogen) atoms. The second-order valence-corrected chi connectivity index (χ2v) is 5.02. The summed E-state index contributed by atoms with van der Waals surface area (Å²) >= 11 is 0. The van der Waals surface area contributed by atoms with Gasteiger partial charge in [-0.15, -0.1) is 0 Å². The Labute approximate surface area is 117 Å². The van der Waals surface area contributed by atoms with E-state index in [-0.39, 0.29) is 0 Å². The van der Waals surface area contributed by atoms with E-state index in [0.29, 0.717) is 6.61 Å². The topological polar surface area (TPSA) is 22.1 Å². The Hall–Kier alpha value is -1.57. The van der Waals surface area contributed by atoms with Crippen molar-refractivity contribution in [2.75, 3.05) is 6.61 Å². The Bertz CT molecular complexity index is 425. The predicted octanol–water partition coefficient (Wildman–Crippen LogP) is 4.72. The maximum Gasteiger partial charge on any atom is 0.138 e. The number of aryl methyl sites for hydroxylation is 1. The summed E-state index contributed by atoms with van der Waals surface area (Å²) in [4.78, 5) is 4.31. The van der Waals surface area contributed by atoms with Gasteiger partial charge in [0.05, 0.1) is 6.20 Å². The Balaban J connectivity index is 2.33. The van der Waals surface area contributed by atoms with Crippen molar-refractivity contribution in [2.24, 2.45) is 0 Å².